The normalized spacial score (nSPS) is 8.45. The SMILES string of the molecule is CCOC(=O)C(C=N)=C(N)N. The van der Waals surface area contributed by atoms with Crippen molar-refractivity contribution < 1.29 is 9.53 Å². The minimum absolute atomic E-state index is 0.105. The summed E-state index contributed by atoms with van der Waals surface area (Å²) >= 11 is 0. The largest absolute Gasteiger partial charge is 0.462 e. The Kier molecular flexibility index (Phi) is 3.72. The standard InChI is InChI=1S/C6H11N3O2/c1-2-11-6(10)4(3-7)5(8)9/h3,7H,2,8-9H2,1H3. The van der Waals surface area contributed by atoms with Crippen LogP contribution in [0.3, 0.4) is 0 Å². The minimum Gasteiger partial charge on any atom is -0.462 e. The van der Waals surface area contributed by atoms with Gasteiger partial charge in [0.25, 0.3) is 0 Å². The van der Waals surface area contributed by atoms with Crippen LogP contribution in [0.5, 0.6) is 0 Å². The van der Waals surface area contributed by atoms with Gasteiger partial charge in [-0.15, -0.1) is 0 Å². The van der Waals surface area contributed by atoms with Gasteiger partial charge in [-0.05, 0) is 6.92 Å². The summed E-state index contributed by atoms with van der Waals surface area (Å²) in [6.45, 7) is 1.90. The van der Waals surface area contributed by atoms with Crippen LogP contribution in [0.4, 0.5) is 0 Å². The predicted molar refractivity (Wildman–Crippen MR) is 40.8 cm³/mol. The van der Waals surface area contributed by atoms with Crippen LogP contribution in [-0.4, -0.2) is 18.8 Å². The Morgan fingerprint density at radius 2 is 2.18 bits per heavy atom. The van der Waals surface area contributed by atoms with Gasteiger partial charge in [0.15, 0.2) is 0 Å². The fourth-order valence-electron chi connectivity index (χ4n) is 0.469. The zero-order valence-electron chi connectivity index (χ0n) is 6.26. The summed E-state index contributed by atoms with van der Waals surface area (Å²) in [7, 11) is 0. The quantitative estimate of drug-likeness (QED) is 0.287. The monoisotopic (exact) mass is 157 g/mol. The molecule has 5 N–H and O–H groups in total. The molecule has 0 fully saturated rings. The van der Waals surface area contributed by atoms with E-state index in [2.05, 4.69) is 4.74 Å². The van der Waals surface area contributed by atoms with Gasteiger partial charge in [-0.2, -0.15) is 0 Å². The second-order valence-corrected chi connectivity index (χ2v) is 1.73. The van der Waals surface area contributed by atoms with Gasteiger partial charge in [-0.1, -0.05) is 0 Å². The van der Waals surface area contributed by atoms with Crippen molar-refractivity contribution in [2.75, 3.05) is 6.61 Å². The lowest BCUT2D eigenvalue weighted by Gasteiger charge is -2.01. The van der Waals surface area contributed by atoms with E-state index in [-0.39, 0.29) is 18.0 Å². The van der Waals surface area contributed by atoms with Crippen molar-refractivity contribution in [1.82, 2.24) is 0 Å². The molecule has 0 aliphatic heterocycles. The van der Waals surface area contributed by atoms with E-state index >= 15 is 0 Å². The number of ether oxygens (including phenoxy) is 1. The van der Waals surface area contributed by atoms with Crippen LogP contribution in [-0.2, 0) is 9.53 Å². The highest BCUT2D eigenvalue weighted by Gasteiger charge is 2.09. The highest BCUT2D eigenvalue weighted by molar-refractivity contribution is 6.08. The van der Waals surface area contributed by atoms with Crippen LogP contribution in [0.2, 0.25) is 0 Å². The lowest BCUT2D eigenvalue weighted by atomic mass is 10.3. The first-order valence-corrected chi connectivity index (χ1v) is 3.06. The molecule has 0 aromatic rings. The number of hydrogen-bond acceptors (Lipinski definition) is 5. The predicted octanol–water partition coefficient (Wildman–Crippen LogP) is -0.672. The van der Waals surface area contributed by atoms with Crippen LogP contribution in [0.1, 0.15) is 6.92 Å². The number of carbonyl (C=O) groups is 1. The van der Waals surface area contributed by atoms with Crippen LogP contribution in [0.15, 0.2) is 11.4 Å². The summed E-state index contributed by atoms with van der Waals surface area (Å²) in [6, 6.07) is 0. The van der Waals surface area contributed by atoms with E-state index in [1.807, 2.05) is 0 Å². The van der Waals surface area contributed by atoms with E-state index in [9.17, 15) is 4.79 Å². The molecule has 62 valence electrons. The number of nitrogens with two attached hydrogens (primary N) is 2. The average molecular weight is 157 g/mol. The summed E-state index contributed by atoms with van der Waals surface area (Å²) < 4.78 is 4.55. The Balaban J connectivity index is 4.40. The van der Waals surface area contributed by atoms with E-state index in [0.717, 1.165) is 6.21 Å². The average Bonchev–Trinajstić information content (AvgIpc) is 1.88. The van der Waals surface area contributed by atoms with Gasteiger partial charge in [-0.3, -0.25) is 0 Å². The Labute approximate surface area is 64.5 Å². The van der Waals surface area contributed by atoms with Gasteiger partial charge >= 0.3 is 5.97 Å². The Morgan fingerprint density at radius 3 is 2.45 bits per heavy atom. The molecule has 0 heterocycles. The molecular weight excluding hydrogens is 146 g/mol. The van der Waals surface area contributed by atoms with Gasteiger partial charge in [0.1, 0.15) is 11.4 Å². The van der Waals surface area contributed by atoms with Crippen LogP contribution in [0, 0.1) is 5.41 Å². The Hall–Kier alpha value is -1.52. The third-order valence-corrected chi connectivity index (χ3v) is 0.951. The van der Waals surface area contributed by atoms with Crippen LogP contribution in [0.25, 0.3) is 0 Å². The third kappa shape index (κ3) is 2.70. The first-order valence-electron chi connectivity index (χ1n) is 3.06. The van der Waals surface area contributed by atoms with Crippen molar-refractivity contribution in [3.05, 3.63) is 11.4 Å². The molecule has 0 aromatic carbocycles. The maximum atomic E-state index is 10.8. The van der Waals surface area contributed by atoms with Crippen molar-refractivity contribution in [1.29, 1.82) is 5.41 Å². The smallest absolute Gasteiger partial charge is 0.343 e. The van der Waals surface area contributed by atoms with Crippen LogP contribution >= 0.6 is 0 Å². The van der Waals surface area contributed by atoms with E-state index < -0.39 is 5.97 Å². The molecule has 11 heavy (non-hydrogen) atoms. The lowest BCUT2D eigenvalue weighted by Crippen LogP contribution is -2.20. The molecule has 0 bridgehead atoms. The summed E-state index contributed by atoms with van der Waals surface area (Å²) in [5, 5.41) is 6.76. The minimum atomic E-state index is -0.664. The lowest BCUT2D eigenvalue weighted by molar-refractivity contribution is -0.137. The van der Waals surface area contributed by atoms with E-state index in [1.165, 1.54) is 0 Å². The Bertz CT molecular complexity index is 194. The van der Waals surface area contributed by atoms with Gasteiger partial charge < -0.3 is 21.6 Å². The highest BCUT2D eigenvalue weighted by atomic mass is 16.5. The van der Waals surface area contributed by atoms with E-state index in [1.54, 1.807) is 6.92 Å². The van der Waals surface area contributed by atoms with Crippen molar-refractivity contribution in [3.8, 4) is 0 Å². The molecule has 5 nitrogen and oxygen atoms in total. The van der Waals surface area contributed by atoms with Gasteiger partial charge in [0.05, 0.1) is 6.61 Å². The molecule has 0 atom stereocenters. The Morgan fingerprint density at radius 1 is 1.64 bits per heavy atom. The molecule has 0 spiro atoms. The highest BCUT2D eigenvalue weighted by Crippen LogP contribution is 1.94. The third-order valence-electron chi connectivity index (χ3n) is 0.951. The molecule has 0 radical (unpaired) electrons. The fourth-order valence-corrected chi connectivity index (χ4v) is 0.469. The first-order chi connectivity index (χ1) is 5.13. The summed E-state index contributed by atoms with van der Waals surface area (Å²) in [4.78, 5) is 10.8. The first kappa shape index (κ1) is 9.48. The van der Waals surface area contributed by atoms with Crippen molar-refractivity contribution in [3.63, 3.8) is 0 Å². The summed E-state index contributed by atoms with van der Waals surface area (Å²) in [5.41, 5.74) is 10.1. The van der Waals surface area contributed by atoms with Gasteiger partial charge in [0, 0.05) is 6.21 Å². The molecule has 0 aliphatic carbocycles. The maximum Gasteiger partial charge on any atom is 0.343 e. The number of carbonyl (C=O) groups excluding carboxylic acids is 1. The second-order valence-electron chi connectivity index (χ2n) is 1.73. The molecule has 0 saturated carbocycles. The molecule has 5 heteroatoms. The zero-order valence-corrected chi connectivity index (χ0v) is 6.26. The molecule has 0 amide bonds. The van der Waals surface area contributed by atoms with Crippen molar-refractivity contribution in [2.24, 2.45) is 11.5 Å². The van der Waals surface area contributed by atoms with Crippen molar-refractivity contribution in [2.45, 2.75) is 6.92 Å². The van der Waals surface area contributed by atoms with E-state index in [0.29, 0.717) is 0 Å². The zero-order chi connectivity index (χ0) is 8.85. The number of esters is 1. The molecule has 0 aliphatic rings. The summed E-state index contributed by atoms with van der Waals surface area (Å²) in [6.07, 6.45) is 0.771. The topological polar surface area (TPSA) is 102 Å². The number of hydrogen-bond donors (Lipinski definition) is 3. The summed E-state index contributed by atoms with van der Waals surface area (Å²) in [5.74, 6) is -0.860. The van der Waals surface area contributed by atoms with Crippen LogP contribution < -0.4 is 11.5 Å². The molecule has 0 aromatic heterocycles. The second kappa shape index (κ2) is 4.32. The maximum absolute atomic E-state index is 10.8. The fraction of sp³-hybridized carbons (Fsp3) is 0.333. The molecule has 0 unspecified atom stereocenters. The van der Waals surface area contributed by atoms with Crippen molar-refractivity contribution >= 4 is 12.2 Å². The van der Waals surface area contributed by atoms with Gasteiger partial charge in [0.2, 0.25) is 0 Å². The number of nitrogens with one attached hydrogen (secondary N) is 1. The van der Waals surface area contributed by atoms with Gasteiger partial charge in [-0.25, -0.2) is 4.79 Å². The van der Waals surface area contributed by atoms with E-state index in [4.69, 9.17) is 16.9 Å². The number of rotatable bonds is 3. The molecule has 0 saturated heterocycles. The molecular formula is C6H11N3O2. The molecule has 0 rings (SSSR count).